The Hall–Kier alpha value is -3.72. The SMILES string of the molecule is O=C1CC(c2ccccc2OCC(=O)ON2C(=O)CCC2O)=Nc2ccccc2N1. The van der Waals surface area contributed by atoms with Crippen LogP contribution in [-0.4, -0.2) is 46.5 Å². The number of carbonyl (C=O) groups excluding carboxylic acids is 3. The number of nitrogens with zero attached hydrogens (tertiary/aromatic N) is 2. The van der Waals surface area contributed by atoms with Gasteiger partial charge >= 0.3 is 5.97 Å². The molecule has 0 radical (unpaired) electrons. The lowest BCUT2D eigenvalue weighted by molar-refractivity contribution is -0.221. The first-order valence-electron chi connectivity index (χ1n) is 9.41. The highest BCUT2D eigenvalue weighted by Crippen LogP contribution is 2.30. The van der Waals surface area contributed by atoms with Crippen LogP contribution in [0.15, 0.2) is 53.5 Å². The molecule has 9 nitrogen and oxygen atoms in total. The molecule has 30 heavy (non-hydrogen) atoms. The van der Waals surface area contributed by atoms with E-state index in [0.717, 1.165) is 0 Å². The van der Waals surface area contributed by atoms with Crippen LogP contribution in [0.25, 0.3) is 0 Å². The molecule has 9 heteroatoms. The quantitative estimate of drug-likeness (QED) is 0.779. The zero-order chi connectivity index (χ0) is 21.1. The van der Waals surface area contributed by atoms with Gasteiger partial charge in [-0.05, 0) is 24.3 Å². The molecule has 154 valence electrons. The van der Waals surface area contributed by atoms with Crippen molar-refractivity contribution >= 4 is 34.9 Å². The van der Waals surface area contributed by atoms with Crippen molar-refractivity contribution in [2.45, 2.75) is 25.5 Å². The predicted molar refractivity (Wildman–Crippen MR) is 106 cm³/mol. The Kier molecular flexibility index (Phi) is 5.44. The van der Waals surface area contributed by atoms with Gasteiger partial charge in [-0.2, -0.15) is 0 Å². The van der Waals surface area contributed by atoms with Gasteiger partial charge in [0.1, 0.15) is 5.75 Å². The van der Waals surface area contributed by atoms with Crippen LogP contribution in [0.4, 0.5) is 11.4 Å². The van der Waals surface area contributed by atoms with Gasteiger partial charge in [-0.3, -0.25) is 9.59 Å². The lowest BCUT2D eigenvalue weighted by atomic mass is 10.1. The van der Waals surface area contributed by atoms with E-state index in [-0.39, 0.29) is 25.2 Å². The number of anilines is 1. The molecule has 0 bridgehead atoms. The molecule has 0 spiro atoms. The lowest BCUT2D eigenvalue weighted by Crippen LogP contribution is -2.36. The average Bonchev–Trinajstić information content (AvgIpc) is 2.95. The van der Waals surface area contributed by atoms with E-state index in [9.17, 15) is 19.5 Å². The predicted octanol–water partition coefficient (Wildman–Crippen LogP) is 1.93. The van der Waals surface area contributed by atoms with Gasteiger partial charge in [-0.15, -0.1) is 5.06 Å². The summed E-state index contributed by atoms with van der Waals surface area (Å²) in [5.74, 6) is -1.16. The molecular formula is C21H19N3O6. The van der Waals surface area contributed by atoms with E-state index >= 15 is 0 Å². The summed E-state index contributed by atoms with van der Waals surface area (Å²) in [7, 11) is 0. The van der Waals surface area contributed by atoms with Gasteiger partial charge in [0, 0.05) is 18.4 Å². The second kappa shape index (κ2) is 8.34. The second-order valence-electron chi connectivity index (χ2n) is 6.79. The van der Waals surface area contributed by atoms with Crippen molar-refractivity contribution in [1.82, 2.24) is 5.06 Å². The highest BCUT2D eigenvalue weighted by Gasteiger charge is 2.33. The van der Waals surface area contributed by atoms with Crippen LogP contribution in [0.2, 0.25) is 0 Å². The minimum absolute atomic E-state index is 0.0357. The molecule has 2 N–H and O–H groups in total. The zero-order valence-corrected chi connectivity index (χ0v) is 15.9. The molecule has 1 atom stereocenters. The minimum atomic E-state index is -1.15. The number of hydrogen-bond acceptors (Lipinski definition) is 7. The topological polar surface area (TPSA) is 118 Å². The summed E-state index contributed by atoms with van der Waals surface area (Å²) < 4.78 is 5.59. The van der Waals surface area contributed by atoms with Gasteiger partial charge in [0.25, 0.3) is 5.91 Å². The van der Waals surface area contributed by atoms with Crippen LogP contribution in [-0.2, 0) is 19.2 Å². The highest BCUT2D eigenvalue weighted by atomic mass is 16.7. The Bertz CT molecular complexity index is 1030. The normalized spacial score (nSPS) is 18.2. The number of hydrogen-bond donors (Lipinski definition) is 2. The Morgan fingerprint density at radius 3 is 2.73 bits per heavy atom. The summed E-state index contributed by atoms with van der Waals surface area (Å²) in [4.78, 5) is 45.5. The van der Waals surface area contributed by atoms with E-state index in [1.807, 2.05) is 12.1 Å². The van der Waals surface area contributed by atoms with Crippen LogP contribution in [0.1, 0.15) is 24.8 Å². The number of rotatable bonds is 5. The number of para-hydroxylation sites is 3. The smallest absolute Gasteiger partial charge is 0.369 e. The molecule has 0 aliphatic carbocycles. The van der Waals surface area contributed by atoms with Crippen molar-refractivity contribution in [3.05, 3.63) is 54.1 Å². The molecule has 1 saturated heterocycles. The van der Waals surface area contributed by atoms with Crippen LogP contribution >= 0.6 is 0 Å². The zero-order valence-electron chi connectivity index (χ0n) is 15.9. The van der Waals surface area contributed by atoms with E-state index in [0.29, 0.717) is 33.5 Å². The number of fused-ring (bicyclic) bond motifs is 1. The second-order valence-corrected chi connectivity index (χ2v) is 6.79. The molecule has 0 aromatic heterocycles. The fraction of sp³-hybridized carbons (Fsp3) is 0.238. The Labute approximate surface area is 171 Å². The first kappa shape index (κ1) is 19.6. The molecule has 2 aliphatic heterocycles. The Balaban J connectivity index is 1.52. The largest absolute Gasteiger partial charge is 0.481 e. The Morgan fingerprint density at radius 1 is 1.17 bits per heavy atom. The van der Waals surface area contributed by atoms with Gasteiger partial charge < -0.3 is 20.0 Å². The maximum Gasteiger partial charge on any atom is 0.369 e. The maximum absolute atomic E-state index is 12.3. The summed E-state index contributed by atoms with van der Waals surface area (Å²) in [5.41, 5.74) is 2.29. The third-order valence-electron chi connectivity index (χ3n) is 4.64. The fourth-order valence-corrected chi connectivity index (χ4v) is 3.23. The minimum Gasteiger partial charge on any atom is -0.481 e. The molecule has 4 rings (SSSR count). The first-order valence-corrected chi connectivity index (χ1v) is 9.41. The van der Waals surface area contributed by atoms with Gasteiger partial charge in [-0.25, -0.2) is 9.79 Å². The van der Waals surface area contributed by atoms with E-state index < -0.39 is 24.7 Å². The van der Waals surface area contributed by atoms with Crippen LogP contribution in [0.5, 0.6) is 5.75 Å². The van der Waals surface area contributed by atoms with Crippen molar-refractivity contribution in [2.24, 2.45) is 4.99 Å². The molecule has 1 fully saturated rings. The van der Waals surface area contributed by atoms with Crippen molar-refractivity contribution in [3.63, 3.8) is 0 Å². The van der Waals surface area contributed by atoms with Crippen molar-refractivity contribution < 1.29 is 29.1 Å². The fourth-order valence-electron chi connectivity index (χ4n) is 3.23. The van der Waals surface area contributed by atoms with Crippen LogP contribution in [0.3, 0.4) is 0 Å². The van der Waals surface area contributed by atoms with Crippen molar-refractivity contribution in [1.29, 1.82) is 0 Å². The molecule has 2 heterocycles. The molecule has 2 aromatic carbocycles. The van der Waals surface area contributed by atoms with Gasteiger partial charge in [0.2, 0.25) is 5.91 Å². The molecule has 1 unspecified atom stereocenters. The van der Waals surface area contributed by atoms with E-state index in [4.69, 9.17) is 9.57 Å². The third-order valence-corrected chi connectivity index (χ3v) is 4.64. The van der Waals surface area contributed by atoms with Gasteiger partial charge in [-0.1, -0.05) is 24.3 Å². The number of hydroxylamine groups is 2. The highest BCUT2D eigenvalue weighted by molar-refractivity contribution is 6.17. The molecular weight excluding hydrogens is 390 g/mol. The number of aliphatic imine (C=N–C) groups is 1. The standard InChI is InChI=1S/C21H19N3O6/c25-18-11-16(22-14-6-2-3-7-15(14)23-18)13-5-1-4-8-17(13)29-12-21(28)30-24-19(26)9-10-20(24)27/h1-8,19,26H,9-12H2,(H,23,25). The number of carbonyl (C=O) groups is 3. The Morgan fingerprint density at radius 2 is 1.93 bits per heavy atom. The number of aliphatic hydroxyl groups excluding tert-OH is 1. The lowest BCUT2D eigenvalue weighted by Gasteiger charge is -2.19. The molecule has 2 amide bonds. The summed E-state index contributed by atoms with van der Waals surface area (Å²) >= 11 is 0. The van der Waals surface area contributed by atoms with E-state index in [1.54, 1.807) is 36.4 Å². The molecule has 0 saturated carbocycles. The first-order chi connectivity index (χ1) is 14.5. The van der Waals surface area contributed by atoms with Crippen molar-refractivity contribution in [3.8, 4) is 5.75 Å². The van der Waals surface area contributed by atoms with Crippen LogP contribution in [0, 0.1) is 0 Å². The van der Waals surface area contributed by atoms with E-state index in [2.05, 4.69) is 10.3 Å². The van der Waals surface area contributed by atoms with E-state index in [1.165, 1.54) is 0 Å². The summed E-state index contributed by atoms with van der Waals surface area (Å²) in [6.07, 6.45) is -0.790. The summed E-state index contributed by atoms with van der Waals surface area (Å²) in [5, 5.41) is 13.1. The number of amides is 2. The van der Waals surface area contributed by atoms with Crippen LogP contribution < -0.4 is 10.1 Å². The van der Waals surface area contributed by atoms with Gasteiger partial charge in [0.15, 0.2) is 12.8 Å². The number of aliphatic hydroxyl groups is 1. The summed E-state index contributed by atoms with van der Waals surface area (Å²) in [6.45, 7) is -0.483. The van der Waals surface area contributed by atoms with Gasteiger partial charge in [0.05, 0.1) is 23.5 Å². The monoisotopic (exact) mass is 409 g/mol. The number of benzene rings is 2. The third kappa shape index (κ3) is 4.15. The molecule has 2 aromatic rings. The summed E-state index contributed by atoms with van der Waals surface area (Å²) in [6, 6.07) is 14.1. The number of nitrogens with one attached hydrogen (secondary N) is 1. The maximum atomic E-state index is 12.3. The van der Waals surface area contributed by atoms with Crippen molar-refractivity contribution in [2.75, 3.05) is 11.9 Å². The average molecular weight is 409 g/mol. The number of ether oxygens (including phenoxy) is 1. The molecule has 2 aliphatic rings.